The van der Waals surface area contributed by atoms with Crippen molar-refractivity contribution in [2.75, 3.05) is 13.3 Å². The molecule has 4 heteroatoms. The molecule has 2 unspecified atom stereocenters. The molecule has 1 saturated heterocycles. The Kier molecular flexibility index (Phi) is 4.98. The highest BCUT2D eigenvalue weighted by atomic mass is 16.5. The van der Waals surface area contributed by atoms with Crippen molar-refractivity contribution in [1.82, 2.24) is 10.2 Å². The van der Waals surface area contributed by atoms with E-state index in [4.69, 9.17) is 4.74 Å². The second-order valence-corrected chi connectivity index (χ2v) is 10.9. The molecule has 2 aliphatic rings. The first-order valence-corrected chi connectivity index (χ1v) is 10.2. The van der Waals surface area contributed by atoms with Crippen molar-refractivity contribution >= 4 is 6.03 Å². The predicted molar refractivity (Wildman–Crippen MR) is 110 cm³/mol. The van der Waals surface area contributed by atoms with E-state index in [1.807, 2.05) is 11.0 Å². The van der Waals surface area contributed by atoms with Crippen LogP contribution in [0.2, 0.25) is 0 Å². The van der Waals surface area contributed by atoms with Crippen LogP contribution in [0.5, 0.6) is 5.75 Å². The maximum absolute atomic E-state index is 12.8. The number of carbonyl (C=O) groups is 1. The fraction of sp³-hybridized carbons (Fsp3) is 0.696. The summed E-state index contributed by atoms with van der Waals surface area (Å²) in [6, 6.07) is 6.59. The maximum atomic E-state index is 12.8. The quantitative estimate of drug-likeness (QED) is 0.737. The van der Waals surface area contributed by atoms with Crippen LogP contribution in [0.25, 0.3) is 0 Å². The second kappa shape index (κ2) is 6.72. The van der Waals surface area contributed by atoms with Gasteiger partial charge in [-0.25, -0.2) is 4.79 Å². The average molecular weight is 373 g/mol. The van der Waals surface area contributed by atoms with E-state index in [1.165, 1.54) is 17.5 Å². The molecule has 1 aliphatic carbocycles. The molecule has 1 heterocycles. The van der Waals surface area contributed by atoms with Gasteiger partial charge in [0.05, 0.1) is 0 Å². The minimum absolute atomic E-state index is 0.00242. The SMILES string of the molecule is Cc1ccc(OCNC(=O)N2CC3(C)CC2CC(C)(C)C3)c(C(C)(C)C)c1. The lowest BCUT2D eigenvalue weighted by Gasteiger charge is -2.39. The lowest BCUT2D eigenvalue weighted by atomic mass is 9.65. The molecule has 1 saturated carbocycles. The zero-order valence-electron chi connectivity index (χ0n) is 18.1. The van der Waals surface area contributed by atoms with Crippen molar-refractivity contribution in [2.24, 2.45) is 10.8 Å². The van der Waals surface area contributed by atoms with Crippen molar-refractivity contribution in [2.45, 2.75) is 79.2 Å². The largest absolute Gasteiger partial charge is 0.473 e. The first-order valence-electron chi connectivity index (χ1n) is 10.2. The zero-order chi connectivity index (χ0) is 20.0. The predicted octanol–water partition coefficient (Wildman–Crippen LogP) is 5.24. The Morgan fingerprint density at radius 2 is 1.96 bits per heavy atom. The molecule has 0 radical (unpaired) electrons. The number of nitrogens with zero attached hydrogens (tertiary/aromatic N) is 1. The molecule has 2 atom stereocenters. The van der Waals surface area contributed by atoms with Gasteiger partial charge >= 0.3 is 6.03 Å². The topological polar surface area (TPSA) is 41.6 Å². The fourth-order valence-electron chi connectivity index (χ4n) is 5.33. The van der Waals surface area contributed by atoms with E-state index in [2.05, 4.69) is 65.9 Å². The van der Waals surface area contributed by atoms with Crippen LogP contribution >= 0.6 is 0 Å². The Labute approximate surface area is 164 Å². The molecular weight excluding hydrogens is 336 g/mol. The Morgan fingerprint density at radius 3 is 2.63 bits per heavy atom. The number of rotatable bonds is 3. The highest BCUT2D eigenvalue weighted by Gasteiger charge is 2.50. The van der Waals surface area contributed by atoms with Crippen molar-refractivity contribution in [3.05, 3.63) is 29.3 Å². The number of ether oxygens (including phenoxy) is 1. The van der Waals surface area contributed by atoms with Crippen LogP contribution < -0.4 is 10.1 Å². The van der Waals surface area contributed by atoms with E-state index in [0.29, 0.717) is 11.5 Å². The van der Waals surface area contributed by atoms with Gasteiger partial charge in [-0.3, -0.25) is 0 Å². The minimum Gasteiger partial charge on any atom is -0.473 e. The smallest absolute Gasteiger partial charge is 0.320 e. The summed E-state index contributed by atoms with van der Waals surface area (Å²) in [6.45, 7) is 16.7. The number of amides is 2. The van der Waals surface area contributed by atoms with Gasteiger partial charge in [0.2, 0.25) is 0 Å². The number of hydrogen-bond donors (Lipinski definition) is 1. The monoisotopic (exact) mass is 372 g/mol. The third-order valence-corrected chi connectivity index (χ3v) is 6.07. The number of fused-ring (bicyclic) bond motifs is 2. The Balaban J connectivity index is 1.62. The summed E-state index contributed by atoms with van der Waals surface area (Å²) >= 11 is 0. The normalized spacial score (nSPS) is 26.8. The fourth-order valence-corrected chi connectivity index (χ4v) is 5.33. The molecule has 0 spiro atoms. The molecular formula is C23H36N2O2. The number of urea groups is 1. The Hall–Kier alpha value is -1.71. The first-order chi connectivity index (χ1) is 12.4. The summed E-state index contributed by atoms with van der Waals surface area (Å²) in [5, 5.41) is 2.99. The van der Waals surface area contributed by atoms with Gasteiger partial charge in [-0.05, 0) is 54.1 Å². The second-order valence-electron chi connectivity index (χ2n) is 10.9. The molecule has 2 amide bonds. The van der Waals surface area contributed by atoms with Crippen molar-refractivity contribution in [3.63, 3.8) is 0 Å². The van der Waals surface area contributed by atoms with Gasteiger partial charge in [-0.15, -0.1) is 0 Å². The molecule has 4 nitrogen and oxygen atoms in total. The number of aryl methyl sites for hydroxylation is 1. The molecule has 1 aromatic rings. The van der Waals surface area contributed by atoms with E-state index in [1.54, 1.807) is 0 Å². The summed E-state index contributed by atoms with van der Waals surface area (Å²) in [4.78, 5) is 14.8. The van der Waals surface area contributed by atoms with Gasteiger partial charge in [-0.1, -0.05) is 59.2 Å². The van der Waals surface area contributed by atoms with Crippen LogP contribution in [0.3, 0.4) is 0 Å². The number of likely N-dealkylation sites (tertiary alicyclic amines) is 1. The van der Waals surface area contributed by atoms with Gasteiger partial charge in [0.15, 0.2) is 6.73 Å². The third kappa shape index (κ3) is 4.41. The van der Waals surface area contributed by atoms with E-state index < -0.39 is 0 Å². The van der Waals surface area contributed by atoms with Crippen LogP contribution in [0, 0.1) is 17.8 Å². The van der Waals surface area contributed by atoms with Crippen molar-refractivity contribution < 1.29 is 9.53 Å². The van der Waals surface area contributed by atoms with Crippen LogP contribution in [0.15, 0.2) is 18.2 Å². The number of nitrogens with one attached hydrogen (secondary N) is 1. The standard InChI is InChI=1S/C23H36N2O2/c1-16-8-9-19(18(10-16)21(2,3)4)27-15-24-20(26)25-14-23(7)12-17(25)11-22(5,6)13-23/h8-10,17H,11-15H2,1-7H3,(H,24,26). The molecule has 150 valence electrons. The zero-order valence-corrected chi connectivity index (χ0v) is 18.1. The molecule has 1 N–H and O–H groups in total. The number of carbonyl (C=O) groups excluding carboxylic acids is 1. The summed E-state index contributed by atoms with van der Waals surface area (Å²) < 4.78 is 5.97. The highest BCUT2D eigenvalue weighted by Crippen LogP contribution is 2.52. The van der Waals surface area contributed by atoms with Gasteiger partial charge in [0, 0.05) is 12.6 Å². The summed E-state index contributed by atoms with van der Waals surface area (Å²) in [5.41, 5.74) is 2.95. The van der Waals surface area contributed by atoms with Gasteiger partial charge in [0.25, 0.3) is 0 Å². The van der Waals surface area contributed by atoms with Crippen molar-refractivity contribution in [1.29, 1.82) is 0 Å². The Morgan fingerprint density at radius 1 is 1.26 bits per heavy atom. The number of benzene rings is 1. The van der Waals surface area contributed by atoms with Crippen LogP contribution in [-0.4, -0.2) is 30.2 Å². The highest BCUT2D eigenvalue weighted by molar-refractivity contribution is 5.75. The minimum atomic E-state index is -0.00242. The van der Waals surface area contributed by atoms with Gasteiger partial charge in [0.1, 0.15) is 5.75 Å². The summed E-state index contributed by atoms with van der Waals surface area (Å²) in [5.74, 6) is 0.849. The molecule has 1 aliphatic heterocycles. The maximum Gasteiger partial charge on any atom is 0.320 e. The molecule has 27 heavy (non-hydrogen) atoms. The van der Waals surface area contributed by atoms with Crippen LogP contribution in [-0.2, 0) is 5.41 Å². The average Bonchev–Trinajstić information content (AvgIpc) is 2.76. The lowest BCUT2D eigenvalue weighted by molar-refractivity contribution is 0.128. The van der Waals surface area contributed by atoms with Crippen molar-refractivity contribution in [3.8, 4) is 5.75 Å². The third-order valence-electron chi connectivity index (χ3n) is 6.07. The van der Waals surface area contributed by atoms with Gasteiger partial charge < -0.3 is 15.0 Å². The van der Waals surface area contributed by atoms with E-state index in [0.717, 1.165) is 25.1 Å². The van der Waals surface area contributed by atoms with E-state index in [-0.39, 0.29) is 23.6 Å². The van der Waals surface area contributed by atoms with Crippen LogP contribution in [0.4, 0.5) is 4.79 Å². The summed E-state index contributed by atoms with van der Waals surface area (Å²) in [7, 11) is 0. The molecule has 2 fully saturated rings. The first kappa shape index (κ1) is 20.0. The van der Waals surface area contributed by atoms with E-state index >= 15 is 0 Å². The molecule has 0 aromatic heterocycles. The Bertz CT molecular complexity index is 720. The van der Waals surface area contributed by atoms with E-state index in [9.17, 15) is 4.79 Å². The molecule has 3 rings (SSSR count). The molecule has 1 aromatic carbocycles. The van der Waals surface area contributed by atoms with Crippen LogP contribution in [0.1, 0.15) is 71.9 Å². The lowest BCUT2D eigenvalue weighted by Crippen LogP contribution is -2.44. The summed E-state index contributed by atoms with van der Waals surface area (Å²) in [6.07, 6.45) is 3.40. The number of hydrogen-bond acceptors (Lipinski definition) is 2. The molecule has 2 bridgehead atoms. The van der Waals surface area contributed by atoms with Gasteiger partial charge in [-0.2, -0.15) is 0 Å².